The van der Waals surface area contributed by atoms with E-state index in [1.807, 2.05) is 36.4 Å². The van der Waals surface area contributed by atoms with Crippen LogP contribution in [0.5, 0.6) is 11.5 Å². The van der Waals surface area contributed by atoms with Gasteiger partial charge < -0.3 is 9.47 Å². The first-order chi connectivity index (χ1) is 8.85. The molecule has 1 aliphatic rings. The van der Waals surface area contributed by atoms with Crippen LogP contribution in [0.4, 0.5) is 0 Å². The minimum Gasteiger partial charge on any atom is -0.497 e. The summed E-state index contributed by atoms with van der Waals surface area (Å²) in [4.78, 5) is 0. The van der Waals surface area contributed by atoms with E-state index in [1.54, 1.807) is 7.11 Å². The first kappa shape index (κ1) is 11.1. The topological polar surface area (TPSA) is 18.5 Å². The smallest absolute Gasteiger partial charge is 0.119 e. The van der Waals surface area contributed by atoms with E-state index in [4.69, 9.17) is 9.47 Å². The number of benzene rings is 2. The lowest BCUT2D eigenvalue weighted by atomic mass is 10.1. The van der Waals surface area contributed by atoms with Crippen LogP contribution in [-0.4, -0.2) is 13.2 Å². The van der Waals surface area contributed by atoms with Crippen LogP contribution in [0.3, 0.4) is 0 Å². The van der Waals surface area contributed by atoms with Crippen molar-refractivity contribution in [1.82, 2.24) is 0 Å². The highest BCUT2D eigenvalue weighted by Gasteiger charge is 2.23. The minimum atomic E-state index is 0.245. The Labute approximate surface area is 107 Å². The lowest BCUT2D eigenvalue weighted by Gasteiger charge is -2.12. The minimum absolute atomic E-state index is 0.245. The summed E-state index contributed by atoms with van der Waals surface area (Å²) in [5, 5.41) is 0. The molecule has 0 amide bonds. The molecule has 0 spiro atoms. The van der Waals surface area contributed by atoms with Gasteiger partial charge in [0.25, 0.3) is 0 Å². The molecule has 1 unspecified atom stereocenters. The summed E-state index contributed by atoms with van der Waals surface area (Å²) < 4.78 is 11.2. The van der Waals surface area contributed by atoms with E-state index in [9.17, 15) is 0 Å². The summed E-state index contributed by atoms with van der Waals surface area (Å²) in [6.07, 6.45) is 2.19. The van der Waals surface area contributed by atoms with Crippen molar-refractivity contribution < 1.29 is 9.47 Å². The zero-order chi connectivity index (χ0) is 12.4. The standard InChI is InChI=1S/C16H16O2/c1-17-15-8-7-12-9-16(11-13(12)10-15)18-14-5-3-2-4-6-14/h2-8,10,16H,9,11H2,1H3. The molecule has 0 saturated carbocycles. The second-order valence-corrected chi connectivity index (χ2v) is 4.60. The van der Waals surface area contributed by atoms with Crippen molar-refractivity contribution in [3.63, 3.8) is 0 Å². The predicted octanol–water partition coefficient (Wildman–Crippen LogP) is 3.24. The number of rotatable bonds is 3. The second-order valence-electron chi connectivity index (χ2n) is 4.60. The molecular weight excluding hydrogens is 224 g/mol. The number of ether oxygens (including phenoxy) is 2. The maximum Gasteiger partial charge on any atom is 0.119 e. The quantitative estimate of drug-likeness (QED) is 0.820. The van der Waals surface area contributed by atoms with Crippen molar-refractivity contribution in [2.45, 2.75) is 18.9 Å². The Morgan fingerprint density at radius 1 is 0.889 bits per heavy atom. The first-order valence-corrected chi connectivity index (χ1v) is 6.22. The fraction of sp³-hybridized carbons (Fsp3) is 0.250. The second kappa shape index (κ2) is 4.73. The van der Waals surface area contributed by atoms with Crippen LogP contribution in [0.25, 0.3) is 0 Å². The van der Waals surface area contributed by atoms with Gasteiger partial charge in [-0.3, -0.25) is 0 Å². The molecule has 0 aliphatic heterocycles. The van der Waals surface area contributed by atoms with Gasteiger partial charge in [0.2, 0.25) is 0 Å². The molecule has 92 valence electrons. The molecule has 3 rings (SSSR count). The monoisotopic (exact) mass is 240 g/mol. The molecule has 0 aromatic heterocycles. The number of para-hydroxylation sites is 1. The molecule has 18 heavy (non-hydrogen) atoms. The van der Waals surface area contributed by atoms with Crippen molar-refractivity contribution in [2.75, 3.05) is 7.11 Å². The Bertz CT molecular complexity index is 534. The van der Waals surface area contributed by atoms with Crippen LogP contribution in [0.1, 0.15) is 11.1 Å². The van der Waals surface area contributed by atoms with E-state index in [1.165, 1.54) is 11.1 Å². The van der Waals surface area contributed by atoms with Crippen molar-refractivity contribution in [2.24, 2.45) is 0 Å². The van der Waals surface area contributed by atoms with Crippen LogP contribution in [0, 0.1) is 0 Å². The van der Waals surface area contributed by atoms with Crippen LogP contribution in [-0.2, 0) is 12.8 Å². The third kappa shape index (κ3) is 2.19. The molecular formula is C16H16O2. The normalized spacial score (nSPS) is 17.3. The Kier molecular flexibility index (Phi) is 2.93. The fourth-order valence-electron chi connectivity index (χ4n) is 2.46. The summed E-state index contributed by atoms with van der Waals surface area (Å²) in [5.41, 5.74) is 2.71. The fourth-order valence-corrected chi connectivity index (χ4v) is 2.46. The van der Waals surface area contributed by atoms with Gasteiger partial charge in [-0.2, -0.15) is 0 Å². The highest BCUT2D eigenvalue weighted by Crippen LogP contribution is 2.28. The highest BCUT2D eigenvalue weighted by molar-refractivity contribution is 5.40. The number of hydrogen-bond acceptors (Lipinski definition) is 2. The van der Waals surface area contributed by atoms with Gasteiger partial charge in [-0.25, -0.2) is 0 Å². The average Bonchev–Trinajstić information content (AvgIpc) is 2.80. The third-order valence-corrected chi connectivity index (χ3v) is 3.35. The van der Waals surface area contributed by atoms with Crippen LogP contribution >= 0.6 is 0 Å². The summed E-state index contributed by atoms with van der Waals surface area (Å²) in [7, 11) is 1.70. The van der Waals surface area contributed by atoms with Gasteiger partial charge in [-0.05, 0) is 35.4 Å². The zero-order valence-electron chi connectivity index (χ0n) is 10.4. The molecule has 0 radical (unpaired) electrons. The molecule has 2 aromatic rings. The summed E-state index contributed by atoms with van der Waals surface area (Å²) in [6.45, 7) is 0. The van der Waals surface area contributed by atoms with Gasteiger partial charge in [-0.15, -0.1) is 0 Å². The number of fused-ring (bicyclic) bond motifs is 1. The Morgan fingerprint density at radius 2 is 1.67 bits per heavy atom. The molecule has 1 aliphatic carbocycles. The highest BCUT2D eigenvalue weighted by atomic mass is 16.5. The SMILES string of the molecule is COc1ccc2c(c1)CC(Oc1ccccc1)C2. The van der Waals surface area contributed by atoms with E-state index in [2.05, 4.69) is 12.1 Å². The van der Waals surface area contributed by atoms with Crippen molar-refractivity contribution in [3.05, 3.63) is 59.7 Å². The number of methoxy groups -OCH3 is 1. The van der Waals surface area contributed by atoms with E-state index in [0.717, 1.165) is 24.3 Å². The predicted molar refractivity (Wildman–Crippen MR) is 71.3 cm³/mol. The Morgan fingerprint density at radius 3 is 2.44 bits per heavy atom. The average molecular weight is 240 g/mol. The molecule has 0 bridgehead atoms. The largest absolute Gasteiger partial charge is 0.497 e. The van der Waals surface area contributed by atoms with Crippen LogP contribution in [0.2, 0.25) is 0 Å². The van der Waals surface area contributed by atoms with Gasteiger partial charge in [0.1, 0.15) is 17.6 Å². The van der Waals surface area contributed by atoms with E-state index >= 15 is 0 Å². The van der Waals surface area contributed by atoms with E-state index in [0.29, 0.717) is 0 Å². The zero-order valence-corrected chi connectivity index (χ0v) is 10.4. The summed E-state index contributed by atoms with van der Waals surface area (Å²) in [6, 6.07) is 16.3. The Hall–Kier alpha value is -1.96. The van der Waals surface area contributed by atoms with Gasteiger partial charge in [0.15, 0.2) is 0 Å². The van der Waals surface area contributed by atoms with Crippen molar-refractivity contribution in [3.8, 4) is 11.5 Å². The van der Waals surface area contributed by atoms with Gasteiger partial charge in [0, 0.05) is 12.8 Å². The Balaban J connectivity index is 1.73. The van der Waals surface area contributed by atoms with Crippen molar-refractivity contribution >= 4 is 0 Å². The molecule has 2 nitrogen and oxygen atoms in total. The maximum absolute atomic E-state index is 5.99. The summed E-state index contributed by atoms with van der Waals surface area (Å²) >= 11 is 0. The summed E-state index contributed by atoms with van der Waals surface area (Å²) in [5.74, 6) is 1.87. The molecule has 0 saturated heterocycles. The molecule has 0 heterocycles. The maximum atomic E-state index is 5.99. The number of hydrogen-bond donors (Lipinski definition) is 0. The molecule has 2 aromatic carbocycles. The molecule has 0 N–H and O–H groups in total. The van der Waals surface area contributed by atoms with Crippen molar-refractivity contribution in [1.29, 1.82) is 0 Å². The lowest BCUT2D eigenvalue weighted by molar-refractivity contribution is 0.214. The van der Waals surface area contributed by atoms with Crippen LogP contribution in [0.15, 0.2) is 48.5 Å². The van der Waals surface area contributed by atoms with Gasteiger partial charge in [-0.1, -0.05) is 24.3 Å². The molecule has 0 fully saturated rings. The molecule has 1 atom stereocenters. The third-order valence-electron chi connectivity index (χ3n) is 3.35. The lowest BCUT2D eigenvalue weighted by Crippen LogP contribution is -2.16. The van der Waals surface area contributed by atoms with E-state index in [-0.39, 0.29) is 6.10 Å². The van der Waals surface area contributed by atoms with Gasteiger partial charge in [0.05, 0.1) is 7.11 Å². The van der Waals surface area contributed by atoms with E-state index < -0.39 is 0 Å². The van der Waals surface area contributed by atoms with Gasteiger partial charge >= 0.3 is 0 Å². The van der Waals surface area contributed by atoms with Crippen LogP contribution < -0.4 is 9.47 Å². The molecule has 2 heteroatoms. The first-order valence-electron chi connectivity index (χ1n) is 6.22.